The van der Waals surface area contributed by atoms with Gasteiger partial charge in [-0.1, -0.05) is 6.92 Å². The van der Waals surface area contributed by atoms with Crippen LogP contribution in [-0.4, -0.2) is 58.9 Å². The molecule has 0 unspecified atom stereocenters. The first-order valence-corrected chi connectivity index (χ1v) is 8.16. The number of rotatable bonds is 5. The summed E-state index contributed by atoms with van der Waals surface area (Å²) in [6, 6.07) is 4.77. The average molecular weight is 335 g/mol. The number of anilines is 1. The Kier molecular flexibility index (Phi) is 5.80. The number of β-amino-alcohol motifs (C(OH)–C–C–N with tert-alkyl or cyclic N) is 1. The van der Waals surface area contributed by atoms with Crippen LogP contribution in [0.25, 0.3) is 0 Å². The van der Waals surface area contributed by atoms with E-state index in [4.69, 9.17) is 5.11 Å². The maximum atomic E-state index is 12.3. The van der Waals surface area contributed by atoms with Crippen LogP contribution in [0.3, 0.4) is 0 Å². The summed E-state index contributed by atoms with van der Waals surface area (Å²) < 4.78 is 0. The smallest absolute Gasteiger partial charge is 0.321 e. The average Bonchev–Trinajstić information content (AvgIpc) is 2.97. The zero-order valence-electron chi connectivity index (χ0n) is 14.1. The van der Waals surface area contributed by atoms with E-state index in [9.17, 15) is 14.7 Å². The van der Waals surface area contributed by atoms with E-state index in [0.29, 0.717) is 30.8 Å². The van der Waals surface area contributed by atoms with Gasteiger partial charge in [-0.2, -0.15) is 0 Å². The Hall–Kier alpha value is -2.12. The van der Waals surface area contributed by atoms with Crippen molar-refractivity contribution in [2.75, 3.05) is 31.6 Å². The van der Waals surface area contributed by atoms with Crippen molar-refractivity contribution in [3.05, 3.63) is 29.3 Å². The van der Waals surface area contributed by atoms with Crippen molar-refractivity contribution in [2.45, 2.75) is 32.3 Å². The maximum Gasteiger partial charge on any atom is 0.321 e. The number of nitrogens with zero attached hydrogens (tertiary/aromatic N) is 1. The molecule has 0 spiro atoms. The molecular weight excluding hydrogens is 310 g/mol. The molecule has 1 aromatic carbocycles. The first-order chi connectivity index (χ1) is 11.4. The lowest BCUT2D eigenvalue weighted by Gasteiger charge is -2.21. The Balaban J connectivity index is 2.00. The minimum atomic E-state index is -1.21. The van der Waals surface area contributed by atoms with Gasteiger partial charge in [0.2, 0.25) is 0 Å². The molecule has 0 aromatic heterocycles. The first kappa shape index (κ1) is 18.2. The fourth-order valence-electron chi connectivity index (χ4n) is 2.64. The number of hydrogen-bond acceptors (Lipinski definition) is 4. The first-order valence-electron chi connectivity index (χ1n) is 8.16. The lowest BCUT2D eigenvalue weighted by atomic mass is 10.1. The van der Waals surface area contributed by atoms with E-state index in [1.54, 1.807) is 18.2 Å². The quantitative estimate of drug-likeness (QED) is 0.647. The molecule has 0 bridgehead atoms. The number of amides is 3. The molecule has 1 heterocycles. The number of urea groups is 1. The maximum absolute atomic E-state index is 12.3. The van der Waals surface area contributed by atoms with Crippen molar-refractivity contribution in [2.24, 2.45) is 0 Å². The highest BCUT2D eigenvalue weighted by molar-refractivity contribution is 5.96. The molecule has 0 saturated carbocycles. The Morgan fingerprint density at radius 3 is 2.71 bits per heavy atom. The summed E-state index contributed by atoms with van der Waals surface area (Å²) in [4.78, 5) is 25.7. The number of aliphatic hydroxyl groups excluding tert-OH is 1. The van der Waals surface area contributed by atoms with Crippen LogP contribution < -0.4 is 10.6 Å². The summed E-state index contributed by atoms with van der Waals surface area (Å²) in [7, 11) is 0. The number of aliphatic hydroxyl groups is 2. The third-order valence-corrected chi connectivity index (χ3v) is 4.18. The minimum absolute atomic E-state index is 0.103. The second-order valence-electron chi connectivity index (χ2n) is 6.27. The van der Waals surface area contributed by atoms with Crippen molar-refractivity contribution in [1.82, 2.24) is 10.2 Å². The van der Waals surface area contributed by atoms with E-state index < -0.39 is 5.60 Å². The summed E-state index contributed by atoms with van der Waals surface area (Å²) >= 11 is 0. The predicted octanol–water partition coefficient (Wildman–Crippen LogP) is 1.10. The van der Waals surface area contributed by atoms with Gasteiger partial charge in [0.1, 0.15) is 5.60 Å². The second-order valence-corrected chi connectivity index (χ2v) is 6.27. The molecule has 1 aromatic rings. The molecule has 7 nitrogen and oxygen atoms in total. The summed E-state index contributed by atoms with van der Waals surface area (Å²) in [5.74, 6) is -0.134. The van der Waals surface area contributed by atoms with Crippen LogP contribution in [0.15, 0.2) is 18.2 Å². The van der Waals surface area contributed by atoms with Gasteiger partial charge < -0.3 is 25.7 Å². The van der Waals surface area contributed by atoms with Gasteiger partial charge in [-0.05, 0) is 43.5 Å². The molecular formula is C17H25N3O4. The van der Waals surface area contributed by atoms with Crippen LogP contribution in [-0.2, 0) is 0 Å². The largest absolute Gasteiger partial charge is 0.393 e. The van der Waals surface area contributed by atoms with Gasteiger partial charge in [0.05, 0.1) is 13.2 Å². The molecule has 1 atom stereocenters. The number of nitrogens with one attached hydrogen (secondary N) is 2. The lowest BCUT2D eigenvalue weighted by Crippen LogP contribution is -2.40. The molecule has 7 heteroatoms. The number of aryl methyl sites for hydroxylation is 1. The van der Waals surface area contributed by atoms with Gasteiger partial charge in [-0.15, -0.1) is 0 Å². The molecule has 3 amide bonds. The molecule has 1 aliphatic rings. The Labute approximate surface area is 141 Å². The molecule has 132 valence electrons. The summed E-state index contributed by atoms with van der Waals surface area (Å²) in [5.41, 5.74) is 0.735. The fourth-order valence-corrected chi connectivity index (χ4v) is 2.64. The lowest BCUT2D eigenvalue weighted by molar-refractivity contribution is -0.00246. The van der Waals surface area contributed by atoms with E-state index >= 15 is 0 Å². The van der Waals surface area contributed by atoms with E-state index in [1.165, 1.54) is 4.90 Å². The Morgan fingerprint density at radius 2 is 2.12 bits per heavy atom. The number of carbonyl (C=O) groups is 2. The van der Waals surface area contributed by atoms with Gasteiger partial charge in [-0.3, -0.25) is 4.79 Å². The number of likely N-dealkylation sites (tertiary alicyclic amines) is 1. The van der Waals surface area contributed by atoms with Crippen LogP contribution >= 0.6 is 0 Å². The Bertz CT molecular complexity index is 620. The van der Waals surface area contributed by atoms with Crippen molar-refractivity contribution in [1.29, 1.82) is 0 Å². The highest BCUT2D eigenvalue weighted by Crippen LogP contribution is 2.23. The van der Waals surface area contributed by atoms with E-state index in [2.05, 4.69) is 10.6 Å². The molecule has 0 radical (unpaired) electrons. The molecule has 1 aliphatic heterocycles. The SMILES string of the molecule is CCCNC(=O)c1ccc(NC(=O)N2CC[C@](O)(CO)C2)c(C)c1. The number of benzene rings is 1. The number of hydrogen-bond donors (Lipinski definition) is 4. The van der Waals surface area contributed by atoms with Gasteiger partial charge in [0, 0.05) is 24.3 Å². The molecule has 1 fully saturated rings. The zero-order valence-corrected chi connectivity index (χ0v) is 14.1. The van der Waals surface area contributed by atoms with Crippen molar-refractivity contribution in [3.63, 3.8) is 0 Å². The highest BCUT2D eigenvalue weighted by Gasteiger charge is 2.37. The van der Waals surface area contributed by atoms with Crippen LogP contribution in [0.2, 0.25) is 0 Å². The molecule has 24 heavy (non-hydrogen) atoms. The van der Waals surface area contributed by atoms with Crippen LogP contribution in [0.5, 0.6) is 0 Å². The molecule has 4 N–H and O–H groups in total. The van der Waals surface area contributed by atoms with Crippen molar-refractivity contribution >= 4 is 17.6 Å². The van der Waals surface area contributed by atoms with Gasteiger partial charge >= 0.3 is 6.03 Å². The van der Waals surface area contributed by atoms with E-state index in [-0.39, 0.29) is 25.1 Å². The van der Waals surface area contributed by atoms with Crippen molar-refractivity contribution in [3.8, 4) is 0 Å². The van der Waals surface area contributed by atoms with E-state index in [0.717, 1.165) is 12.0 Å². The second kappa shape index (κ2) is 7.63. The topological polar surface area (TPSA) is 102 Å². The Morgan fingerprint density at radius 1 is 1.38 bits per heavy atom. The molecule has 1 saturated heterocycles. The van der Waals surface area contributed by atoms with Crippen LogP contribution in [0, 0.1) is 6.92 Å². The molecule has 0 aliphatic carbocycles. The fraction of sp³-hybridized carbons (Fsp3) is 0.529. The summed E-state index contributed by atoms with van der Waals surface area (Å²) in [6.45, 7) is 4.56. The highest BCUT2D eigenvalue weighted by atomic mass is 16.3. The van der Waals surface area contributed by atoms with Crippen LogP contribution in [0.4, 0.5) is 10.5 Å². The third-order valence-electron chi connectivity index (χ3n) is 4.18. The monoisotopic (exact) mass is 335 g/mol. The van der Waals surface area contributed by atoms with Gasteiger partial charge in [-0.25, -0.2) is 4.79 Å². The minimum Gasteiger partial charge on any atom is -0.393 e. The van der Waals surface area contributed by atoms with E-state index in [1.807, 2.05) is 13.8 Å². The summed E-state index contributed by atoms with van der Waals surface area (Å²) in [5, 5.41) is 24.7. The van der Waals surface area contributed by atoms with Gasteiger partial charge in [0.25, 0.3) is 5.91 Å². The number of carbonyl (C=O) groups excluding carboxylic acids is 2. The predicted molar refractivity (Wildman–Crippen MR) is 91.0 cm³/mol. The van der Waals surface area contributed by atoms with Crippen molar-refractivity contribution < 1.29 is 19.8 Å². The normalized spacial score (nSPS) is 20.1. The van der Waals surface area contributed by atoms with Gasteiger partial charge in [0.15, 0.2) is 0 Å². The third kappa shape index (κ3) is 4.24. The van der Waals surface area contributed by atoms with Crippen LogP contribution in [0.1, 0.15) is 35.7 Å². The summed E-state index contributed by atoms with van der Waals surface area (Å²) in [6.07, 6.45) is 1.22. The molecule has 2 rings (SSSR count). The standard InChI is InChI=1S/C17H25N3O4/c1-3-7-18-15(22)13-4-5-14(12(2)9-13)19-16(23)20-8-6-17(24,10-20)11-21/h4-5,9,21,24H,3,6-8,10-11H2,1-2H3,(H,18,22)(H,19,23)/t17-/m1/s1. The zero-order chi connectivity index (χ0) is 17.7.